The van der Waals surface area contributed by atoms with Crippen molar-refractivity contribution in [3.8, 4) is 5.75 Å². The molecule has 1 aliphatic rings. The zero-order valence-corrected chi connectivity index (χ0v) is 13.0. The first kappa shape index (κ1) is 15.5. The van der Waals surface area contributed by atoms with Crippen LogP contribution in [0.5, 0.6) is 5.75 Å². The van der Waals surface area contributed by atoms with Gasteiger partial charge >= 0.3 is 0 Å². The molecule has 0 heterocycles. The van der Waals surface area contributed by atoms with Crippen molar-refractivity contribution in [2.24, 2.45) is 5.92 Å². The summed E-state index contributed by atoms with van der Waals surface area (Å²) in [5.41, 5.74) is 0.460. The number of amides is 1. The van der Waals surface area contributed by atoms with E-state index in [9.17, 15) is 4.79 Å². The van der Waals surface area contributed by atoms with E-state index in [2.05, 4.69) is 5.32 Å². The predicted molar refractivity (Wildman–Crippen MR) is 81.9 cm³/mol. The summed E-state index contributed by atoms with van der Waals surface area (Å²) in [5, 5.41) is 3.61. The first-order valence-electron chi connectivity index (χ1n) is 6.87. The molecule has 1 aromatic rings. The van der Waals surface area contributed by atoms with Crippen LogP contribution in [0.1, 0.15) is 36.0 Å². The Morgan fingerprint density at radius 3 is 2.85 bits per heavy atom. The molecule has 1 N–H and O–H groups in total. The van der Waals surface area contributed by atoms with Crippen LogP contribution in [-0.4, -0.2) is 24.9 Å². The summed E-state index contributed by atoms with van der Waals surface area (Å²) in [6, 6.07) is 5.02. The van der Waals surface area contributed by atoms with Gasteiger partial charge in [0.15, 0.2) is 0 Å². The molecule has 5 heteroatoms. The molecule has 1 aromatic carbocycles. The monoisotopic (exact) mass is 315 g/mol. The maximum absolute atomic E-state index is 12.2. The maximum atomic E-state index is 12.2. The normalized spacial score (nSPS) is 22.4. The molecule has 0 saturated heterocycles. The van der Waals surface area contributed by atoms with E-state index < -0.39 is 0 Å². The molecule has 1 saturated carbocycles. The third-order valence-electron chi connectivity index (χ3n) is 3.75. The Kier molecular flexibility index (Phi) is 5.55. The number of hydrogen-bond acceptors (Lipinski definition) is 2. The minimum atomic E-state index is -0.168. The van der Waals surface area contributed by atoms with Crippen molar-refractivity contribution in [3.05, 3.63) is 28.8 Å². The Bertz CT molecular complexity index is 479. The van der Waals surface area contributed by atoms with Crippen molar-refractivity contribution in [2.75, 3.05) is 13.7 Å². The molecule has 0 aliphatic heterocycles. The molecular weight excluding hydrogens is 297 g/mol. The number of benzene rings is 1. The van der Waals surface area contributed by atoms with Gasteiger partial charge in [-0.3, -0.25) is 4.79 Å². The molecule has 2 unspecified atom stereocenters. The number of carbonyl (C=O) groups excluding carboxylic acids is 1. The average Bonchev–Trinajstić information content (AvgIpc) is 2.46. The van der Waals surface area contributed by atoms with Gasteiger partial charge in [0, 0.05) is 16.9 Å². The van der Waals surface area contributed by atoms with Gasteiger partial charge < -0.3 is 10.1 Å². The molecule has 0 bridgehead atoms. The Labute approximate surface area is 129 Å². The van der Waals surface area contributed by atoms with Gasteiger partial charge in [0.25, 0.3) is 5.91 Å². The lowest BCUT2D eigenvalue weighted by Crippen LogP contribution is -2.34. The smallest absolute Gasteiger partial charge is 0.255 e. The van der Waals surface area contributed by atoms with Gasteiger partial charge in [0.2, 0.25) is 0 Å². The van der Waals surface area contributed by atoms with Crippen LogP contribution < -0.4 is 10.1 Å². The maximum Gasteiger partial charge on any atom is 0.255 e. The third-order valence-corrected chi connectivity index (χ3v) is 4.56. The lowest BCUT2D eigenvalue weighted by Gasteiger charge is -2.27. The summed E-state index contributed by atoms with van der Waals surface area (Å²) in [6.07, 6.45) is 4.47. The van der Waals surface area contributed by atoms with Gasteiger partial charge in [-0.2, -0.15) is 0 Å². The summed E-state index contributed by atoms with van der Waals surface area (Å²) < 4.78 is 5.19. The largest absolute Gasteiger partial charge is 0.496 e. The number of methoxy groups -OCH3 is 1. The highest BCUT2D eigenvalue weighted by molar-refractivity contribution is 6.31. The van der Waals surface area contributed by atoms with E-state index in [0.29, 0.717) is 28.8 Å². The number of alkyl halides is 1. The van der Waals surface area contributed by atoms with Crippen molar-refractivity contribution < 1.29 is 9.53 Å². The minimum absolute atomic E-state index is 0.158. The van der Waals surface area contributed by atoms with Crippen molar-refractivity contribution in [1.82, 2.24) is 5.32 Å². The summed E-state index contributed by atoms with van der Waals surface area (Å²) in [4.78, 5) is 12.2. The van der Waals surface area contributed by atoms with E-state index in [1.807, 2.05) is 0 Å². The topological polar surface area (TPSA) is 38.3 Å². The minimum Gasteiger partial charge on any atom is -0.496 e. The highest BCUT2D eigenvalue weighted by atomic mass is 35.5. The predicted octanol–water partition coefficient (Wildman–Crippen LogP) is 3.88. The first-order valence-corrected chi connectivity index (χ1v) is 7.69. The van der Waals surface area contributed by atoms with Gasteiger partial charge in [-0.25, -0.2) is 0 Å². The van der Waals surface area contributed by atoms with Crippen LogP contribution in [0.4, 0.5) is 0 Å². The Hall–Kier alpha value is -0.930. The molecule has 1 aliphatic carbocycles. The molecule has 2 atom stereocenters. The molecule has 110 valence electrons. The van der Waals surface area contributed by atoms with Crippen LogP contribution in [0.25, 0.3) is 0 Å². The van der Waals surface area contributed by atoms with Gasteiger partial charge in [0.05, 0.1) is 12.7 Å². The first-order chi connectivity index (χ1) is 9.61. The summed E-state index contributed by atoms with van der Waals surface area (Å²) in [5.74, 6) is 0.705. The van der Waals surface area contributed by atoms with Gasteiger partial charge in [-0.1, -0.05) is 24.4 Å². The summed E-state index contributed by atoms with van der Waals surface area (Å²) in [6.45, 7) is 0.600. The number of carbonyl (C=O) groups is 1. The molecule has 1 fully saturated rings. The lowest BCUT2D eigenvalue weighted by molar-refractivity contribution is 0.0941. The molecule has 3 nitrogen and oxygen atoms in total. The van der Waals surface area contributed by atoms with Crippen molar-refractivity contribution in [2.45, 2.75) is 31.1 Å². The van der Waals surface area contributed by atoms with E-state index in [1.54, 1.807) is 18.2 Å². The second kappa shape index (κ2) is 7.19. The third kappa shape index (κ3) is 3.80. The fourth-order valence-corrected chi connectivity index (χ4v) is 3.11. The van der Waals surface area contributed by atoms with Crippen LogP contribution in [-0.2, 0) is 0 Å². The van der Waals surface area contributed by atoms with E-state index in [1.165, 1.54) is 20.0 Å². The average molecular weight is 316 g/mol. The Morgan fingerprint density at radius 2 is 2.15 bits per heavy atom. The number of nitrogens with one attached hydrogen (secondary N) is 1. The van der Waals surface area contributed by atoms with Gasteiger partial charge in [0.1, 0.15) is 5.75 Å². The van der Waals surface area contributed by atoms with Crippen LogP contribution in [0.2, 0.25) is 5.02 Å². The molecular formula is C15H19Cl2NO2. The van der Waals surface area contributed by atoms with E-state index >= 15 is 0 Å². The SMILES string of the molecule is COc1ccc(Cl)cc1C(=O)NCC1CCCCC1Cl. The van der Waals surface area contributed by atoms with E-state index in [-0.39, 0.29) is 11.3 Å². The van der Waals surface area contributed by atoms with Crippen molar-refractivity contribution in [1.29, 1.82) is 0 Å². The summed E-state index contributed by atoms with van der Waals surface area (Å²) in [7, 11) is 1.54. The van der Waals surface area contributed by atoms with Crippen LogP contribution in [0.15, 0.2) is 18.2 Å². The molecule has 20 heavy (non-hydrogen) atoms. The van der Waals surface area contributed by atoms with Crippen LogP contribution in [0.3, 0.4) is 0 Å². The number of ether oxygens (including phenoxy) is 1. The number of halogens is 2. The lowest BCUT2D eigenvalue weighted by atomic mass is 9.88. The van der Waals surface area contributed by atoms with E-state index in [4.69, 9.17) is 27.9 Å². The fourth-order valence-electron chi connectivity index (χ4n) is 2.57. The van der Waals surface area contributed by atoms with Gasteiger partial charge in [-0.05, 0) is 37.0 Å². The second-order valence-electron chi connectivity index (χ2n) is 5.12. The molecule has 0 spiro atoms. The quantitative estimate of drug-likeness (QED) is 0.856. The highest BCUT2D eigenvalue weighted by Gasteiger charge is 2.24. The standard InChI is InChI=1S/C15H19Cl2NO2/c1-20-14-7-6-11(16)8-12(14)15(19)18-9-10-4-2-3-5-13(10)17/h6-8,10,13H,2-5,9H2,1H3,(H,18,19). The number of hydrogen-bond donors (Lipinski definition) is 1. The molecule has 2 rings (SSSR count). The van der Waals surface area contributed by atoms with Crippen molar-refractivity contribution in [3.63, 3.8) is 0 Å². The zero-order valence-electron chi connectivity index (χ0n) is 11.5. The Balaban J connectivity index is 1.99. The fraction of sp³-hybridized carbons (Fsp3) is 0.533. The Morgan fingerprint density at radius 1 is 1.40 bits per heavy atom. The molecule has 1 amide bonds. The van der Waals surface area contributed by atoms with Crippen LogP contribution >= 0.6 is 23.2 Å². The zero-order chi connectivity index (χ0) is 14.5. The van der Waals surface area contributed by atoms with Crippen molar-refractivity contribution >= 4 is 29.1 Å². The van der Waals surface area contributed by atoms with Crippen LogP contribution in [0, 0.1) is 5.92 Å². The van der Waals surface area contributed by atoms with E-state index in [0.717, 1.165) is 12.8 Å². The second-order valence-corrected chi connectivity index (χ2v) is 6.11. The number of rotatable bonds is 4. The molecule has 0 radical (unpaired) electrons. The van der Waals surface area contributed by atoms with Gasteiger partial charge in [-0.15, -0.1) is 11.6 Å². The summed E-state index contributed by atoms with van der Waals surface area (Å²) >= 11 is 12.2. The highest BCUT2D eigenvalue weighted by Crippen LogP contribution is 2.28. The molecule has 0 aromatic heterocycles.